The fourth-order valence-corrected chi connectivity index (χ4v) is 3.28. The fraction of sp³-hybridized carbons (Fsp3) is 0.588. The number of carbonyl (C=O) groups excluding carboxylic acids is 1. The number of rotatable bonds is 1. The molecular formula is C17H24ClN5O2. The van der Waals surface area contributed by atoms with E-state index in [-0.39, 0.29) is 17.4 Å². The summed E-state index contributed by atoms with van der Waals surface area (Å²) in [7, 11) is 1.96. The van der Waals surface area contributed by atoms with Crippen LogP contribution in [-0.2, 0) is 11.8 Å². The van der Waals surface area contributed by atoms with E-state index in [4.69, 9.17) is 16.3 Å². The predicted molar refractivity (Wildman–Crippen MR) is 98.1 cm³/mol. The van der Waals surface area contributed by atoms with Crippen molar-refractivity contribution in [1.82, 2.24) is 19.4 Å². The molecule has 1 amide bonds. The third kappa shape index (κ3) is 3.66. The number of nitrogens with zero attached hydrogens (tertiary/aromatic N) is 5. The second-order valence-electron chi connectivity index (χ2n) is 7.45. The first-order valence-corrected chi connectivity index (χ1v) is 8.76. The van der Waals surface area contributed by atoms with Crippen LogP contribution in [0.1, 0.15) is 27.7 Å². The highest BCUT2D eigenvalue weighted by atomic mass is 35.5. The lowest BCUT2D eigenvalue weighted by atomic mass is 10.2. The summed E-state index contributed by atoms with van der Waals surface area (Å²) in [6.07, 6.45) is 1.67. The highest BCUT2D eigenvalue weighted by Crippen LogP contribution is 2.29. The lowest BCUT2D eigenvalue weighted by Gasteiger charge is -2.41. The predicted octanol–water partition coefficient (Wildman–Crippen LogP) is 3.07. The summed E-state index contributed by atoms with van der Waals surface area (Å²) in [5, 5.41) is 0.232. The Hall–Kier alpha value is -2.02. The minimum absolute atomic E-state index is 0.0883. The zero-order valence-electron chi connectivity index (χ0n) is 15.3. The second kappa shape index (κ2) is 6.37. The topological polar surface area (TPSA) is 63.5 Å². The van der Waals surface area contributed by atoms with Crippen LogP contribution in [0.4, 0.5) is 10.6 Å². The Morgan fingerprint density at radius 3 is 2.68 bits per heavy atom. The molecular weight excluding hydrogens is 342 g/mol. The number of fused-ring (bicyclic) bond motifs is 1. The van der Waals surface area contributed by atoms with E-state index in [9.17, 15) is 4.79 Å². The summed E-state index contributed by atoms with van der Waals surface area (Å²) in [4.78, 5) is 25.0. The Morgan fingerprint density at radius 1 is 1.32 bits per heavy atom. The van der Waals surface area contributed by atoms with E-state index in [1.54, 1.807) is 4.90 Å². The van der Waals surface area contributed by atoms with Crippen molar-refractivity contribution in [2.45, 2.75) is 39.3 Å². The minimum atomic E-state index is -0.493. The van der Waals surface area contributed by atoms with Crippen molar-refractivity contribution in [3.05, 3.63) is 17.5 Å². The Morgan fingerprint density at radius 2 is 2.04 bits per heavy atom. The van der Waals surface area contributed by atoms with Gasteiger partial charge in [-0.25, -0.2) is 9.78 Å². The normalized spacial score (nSPS) is 18.7. The minimum Gasteiger partial charge on any atom is -0.444 e. The molecule has 25 heavy (non-hydrogen) atoms. The molecule has 0 spiro atoms. The maximum atomic E-state index is 12.3. The summed E-state index contributed by atoms with van der Waals surface area (Å²) in [5.74, 6) is 0.804. The lowest BCUT2D eigenvalue weighted by Crippen LogP contribution is -2.55. The van der Waals surface area contributed by atoms with E-state index >= 15 is 0 Å². The molecule has 0 aliphatic carbocycles. The summed E-state index contributed by atoms with van der Waals surface area (Å²) in [5.41, 5.74) is 1.27. The van der Waals surface area contributed by atoms with Crippen LogP contribution in [0, 0.1) is 0 Å². The number of halogens is 1. The summed E-state index contributed by atoms with van der Waals surface area (Å²) in [6.45, 7) is 9.50. The SMILES string of the molecule is C[C@H]1CN(C(=O)OC(C)(C)C)CCN1c1nc(Cl)nc2ccn(C)c12. The van der Waals surface area contributed by atoms with Crippen molar-refractivity contribution in [3.63, 3.8) is 0 Å². The number of hydrogen-bond donors (Lipinski definition) is 0. The average molecular weight is 366 g/mol. The highest BCUT2D eigenvalue weighted by Gasteiger charge is 2.31. The summed E-state index contributed by atoms with van der Waals surface area (Å²) >= 11 is 6.11. The molecule has 0 radical (unpaired) electrons. The fourth-order valence-electron chi connectivity index (χ4n) is 3.11. The molecule has 2 aromatic rings. The highest BCUT2D eigenvalue weighted by molar-refractivity contribution is 6.28. The molecule has 0 saturated carbocycles. The second-order valence-corrected chi connectivity index (χ2v) is 7.78. The van der Waals surface area contributed by atoms with Gasteiger partial charge in [0.2, 0.25) is 5.28 Å². The Bertz CT molecular complexity index is 798. The van der Waals surface area contributed by atoms with Crippen molar-refractivity contribution in [3.8, 4) is 0 Å². The van der Waals surface area contributed by atoms with Crippen LogP contribution >= 0.6 is 11.6 Å². The van der Waals surface area contributed by atoms with E-state index in [1.165, 1.54) is 0 Å². The molecule has 8 heteroatoms. The summed E-state index contributed by atoms with van der Waals surface area (Å²) in [6, 6.07) is 2.01. The van der Waals surface area contributed by atoms with Crippen LogP contribution in [0.15, 0.2) is 12.3 Å². The van der Waals surface area contributed by atoms with Gasteiger partial charge in [0, 0.05) is 38.9 Å². The molecule has 136 valence electrons. The molecule has 1 fully saturated rings. The van der Waals surface area contributed by atoms with Gasteiger partial charge in [-0.05, 0) is 45.4 Å². The number of aromatic nitrogens is 3. The van der Waals surface area contributed by atoms with Crippen molar-refractivity contribution < 1.29 is 9.53 Å². The third-order valence-corrected chi connectivity index (χ3v) is 4.39. The number of amides is 1. The van der Waals surface area contributed by atoms with Crippen LogP contribution in [0.5, 0.6) is 0 Å². The average Bonchev–Trinajstić information content (AvgIpc) is 2.86. The molecule has 0 N–H and O–H groups in total. The van der Waals surface area contributed by atoms with Crippen LogP contribution in [-0.4, -0.2) is 56.8 Å². The van der Waals surface area contributed by atoms with Gasteiger partial charge >= 0.3 is 6.09 Å². The molecule has 1 aliphatic rings. The van der Waals surface area contributed by atoms with Crippen LogP contribution in [0.25, 0.3) is 11.0 Å². The van der Waals surface area contributed by atoms with Crippen LogP contribution < -0.4 is 4.90 Å². The number of anilines is 1. The van der Waals surface area contributed by atoms with E-state index in [0.717, 1.165) is 16.9 Å². The number of carbonyl (C=O) groups is 1. The molecule has 1 saturated heterocycles. The largest absolute Gasteiger partial charge is 0.444 e. The van der Waals surface area contributed by atoms with E-state index < -0.39 is 5.60 Å². The number of ether oxygens (including phenoxy) is 1. The van der Waals surface area contributed by atoms with Gasteiger partial charge in [0.1, 0.15) is 11.1 Å². The van der Waals surface area contributed by atoms with Gasteiger partial charge in [-0.1, -0.05) is 0 Å². The Balaban J connectivity index is 1.83. The van der Waals surface area contributed by atoms with Gasteiger partial charge in [-0.3, -0.25) is 0 Å². The van der Waals surface area contributed by atoms with Gasteiger partial charge < -0.3 is 19.1 Å². The van der Waals surface area contributed by atoms with Gasteiger partial charge in [0.05, 0.1) is 5.52 Å². The van der Waals surface area contributed by atoms with E-state index in [0.29, 0.717) is 19.6 Å². The first kappa shape index (κ1) is 17.8. The maximum absolute atomic E-state index is 12.3. The van der Waals surface area contributed by atoms with Crippen molar-refractivity contribution in [1.29, 1.82) is 0 Å². The molecule has 7 nitrogen and oxygen atoms in total. The monoisotopic (exact) mass is 365 g/mol. The first-order valence-electron chi connectivity index (χ1n) is 8.39. The van der Waals surface area contributed by atoms with Crippen LogP contribution in [0.2, 0.25) is 5.28 Å². The first-order chi connectivity index (χ1) is 11.7. The standard InChI is InChI=1S/C17H24ClN5O2/c1-11-10-22(16(24)25-17(2,3)4)8-9-23(11)14-13-12(6-7-21(13)5)19-15(18)20-14/h6-7,11H,8-10H2,1-5H3/t11-/m0/s1. The smallest absolute Gasteiger partial charge is 0.410 e. The quantitative estimate of drug-likeness (QED) is 0.727. The molecule has 3 heterocycles. The third-order valence-electron chi connectivity index (χ3n) is 4.23. The van der Waals surface area contributed by atoms with Crippen LogP contribution in [0.3, 0.4) is 0 Å². The molecule has 3 rings (SSSR count). The number of hydrogen-bond acceptors (Lipinski definition) is 5. The Kier molecular flexibility index (Phi) is 4.53. The summed E-state index contributed by atoms with van der Waals surface area (Å²) < 4.78 is 7.47. The van der Waals surface area contributed by atoms with E-state index in [2.05, 4.69) is 21.8 Å². The molecule has 2 aromatic heterocycles. The number of piperazine rings is 1. The van der Waals surface area contributed by atoms with E-state index in [1.807, 2.05) is 44.6 Å². The maximum Gasteiger partial charge on any atom is 0.410 e. The van der Waals surface area contributed by atoms with Crippen molar-refractivity contribution in [2.24, 2.45) is 7.05 Å². The molecule has 0 aromatic carbocycles. The van der Waals surface area contributed by atoms with Crippen molar-refractivity contribution >= 4 is 34.5 Å². The van der Waals surface area contributed by atoms with Gasteiger partial charge in [0.15, 0.2) is 5.82 Å². The van der Waals surface area contributed by atoms with Gasteiger partial charge in [-0.15, -0.1) is 0 Å². The Labute approximate surface area is 152 Å². The molecule has 0 bridgehead atoms. The zero-order chi connectivity index (χ0) is 18.4. The number of aryl methyl sites for hydroxylation is 1. The molecule has 1 aliphatic heterocycles. The molecule has 0 unspecified atom stereocenters. The lowest BCUT2D eigenvalue weighted by molar-refractivity contribution is 0.0218. The van der Waals surface area contributed by atoms with Gasteiger partial charge in [0.25, 0.3) is 0 Å². The van der Waals surface area contributed by atoms with Gasteiger partial charge in [-0.2, -0.15) is 4.98 Å². The molecule has 1 atom stereocenters. The zero-order valence-corrected chi connectivity index (χ0v) is 16.0. The van der Waals surface area contributed by atoms with Crippen molar-refractivity contribution in [2.75, 3.05) is 24.5 Å².